The Hall–Kier alpha value is 0.690. The Balaban J connectivity index is 1.95. The summed E-state index contributed by atoms with van der Waals surface area (Å²) in [6.07, 6.45) is 2.98. The molecule has 0 aromatic rings. The minimum absolute atomic E-state index is 0.917. The van der Waals surface area contributed by atoms with E-state index in [1.54, 1.807) is 0 Å². The van der Waals surface area contributed by atoms with Crippen molar-refractivity contribution in [2.45, 2.75) is 18.9 Å². The van der Waals surface area contributed by atoms with Crippen LogP contribution in [0.4, 0.5) is 0 Å². The van der Waals surface area contributed by atoms with Crippen molar-refractivity contribution in [3.63, 3.8) is 0 Å². The SMILES string of the molecule is INC1C2CC[C@H]21. The number of halogens is 1. The van der Waals surface area contributed by atoms with Crippen LogP contribution in [-0.2, 0) is 0 Å². The van der Waals surface area contributed by atoms with Gasteiger partial charge in [-0.05, 0) is 24.7 Å². The summed E-state index contributed by atoms with van der Waals surface area (Å²) in [6.45, 7) is 0. The molecule has 0 spiro atoms. The molecular formula is C5H8IN. The van der Waals surface area contributed by atoms with Gasteiger partial charge >= 0.3 is 0 Å². The Morgan fingerprint density at radius 3 is 2.00 bits per heavy atom. The molecule has 0 aliphatic heterocycles. The normalized spacial score (nSPS) is 55.3. The second-order valence-corrected chi connectivity index (χ2v) is 3.16. The van der Waals surface area contributed by atoms with Gasteiger partial charge in [-0.1, -0.05) is 0 Å². The molecular weight excluding hydrogens is 201 g/mol. The van der Waals surface area contributed by atoms with Crippen molar-refractivity contribution >= 4 is 22.9 Å². The zero-order valence-corrected chi connectivity index (χ0v) is 6.18. The highest BCUT2D eigenvalue weighted by molar-refractivity contribution is 14.1. The molecule has 1 N–H and O–H groups in total. The maximum atomic E-state index is 3.27. The van der Waals surface area contributed by atoms with E-state index < -0.39 is 0 Å². The highest BCUT2D eigenvalue weighted by Crippen LogP contribution is 2.55. The van der Waals surface area contributed by atoms with Crippen LogP contribution in [0.3, 0.4) is 0 Å². The quantitative estimate of drug-likeness (QED) is 0.507. The Kier molecular flexibility index (Phi) is 0.876. The summed E-state index contributed by atoms with van der Waals surface area (Å²) in [5.41, 5.74) is 0. The van der Waals surface area contributed by atoms with Gasteiger partial charge < -0.3 is 0 Å². The van der Waals surface area contributed by atoms with Crippen LogP contribution >= 0.6 is 22.9 Å². The average molecular weight is 209 g/mol. The highest BCUT2D eigenvalue weighted by Gasteiger charge is 2.55. The van der Waals surface area contributed by atoms with E-state index in [1.165, 1.54) is 12.8 Å². The fourth-order valence-corrected chi connectivity index (χ4v) is 2.44. The minimum atomic E-state index is 0.917. The molecule has 0 aromatic carbocycles. The van der Waals surface area contributed by atoms with Gasteiger partial charge in [-0.3, -0.25) is 3.53 Å². The first-order chi connectivity index (χ1) is 3.43. The topological polar surface area (TPSA) is 12.0 Å². The average Bonchev–Trinajstić information content (AvgIpc) is 2.07. The van der Waals surface area contributed by atoms with Gasteiger partial charge in [-0.2, -0.15) is 0 Å². The van der Waals surface area contributed by atoms with Gasteiger partial charge in [-0.25, -0.2) is 0 Å². The number of rotatable bonds is 1. The summed E-state index contributed by atoms with van der Waals surface area (Å²) in [7, 11) is 0. The number of hydrogen-bond acceptors (Lipinski definition) is 1. The minimum Gasteiger partial charge on any atom is -0.257 e. The van der Waals surface area contributed by atoms with Crippen molar-refractivity contribution in [1.82, 2.24) is 3.53 Å². The van der Waals surface area contributed by atoms with Gasteiger partial charge in [0.25, 0.3) is 0 Å². The van der Waals surface area contributed by atoms with E-state index in [0.717, 1.165) is 17.9 Å². The first kappa shape index (κ1) is 4.56. The largest absolute Gasteiger partial charge is 0.257 e. The number of nitrogens with one attached hydrogen (secondary N) is 1. The molecule has 2 rings (SSSR count). The van der Waals surface area contributed by atoms with E-state index in [9.17, 15) is 0 Å². The van der Waals surface area contributed by atoms with Crippen LogP contribution in [0.5, 0.6) is 0 Å². The van der Waals surface area contributed by atoms with Crippen molar-refractivity contribution in [3.8, 4) is 0 Å². The van der Waals surface area contributed by atoms with Crippen molar-refractivity contribution in [3.05, 3.63) is 0 Å². The molecule has 2 aliphatic rings. The smallest absolute Gasteiger partial charge is 0.0226 e. The van der Waals surface area contributed by atoms with Crippen LogP contribution in [0.25, 0.3) is 0 Å². The van der Waals surface area contributed by atoms with E-state index in [2.05, 4.69) is 26.4 Å². The summed E-state index contributed by atoms with van der Waals surface area (Å²) in [6, 6.07) is 0.917. The van der Waals surface area contributed by atoms with E-state index in [0.29, 0.717) is 0 Å². The highest BCUT2D eigenvalue weighted by atomic mass is 127. The molecule has 1 nitrogen and oxygen atoms in total. The summed E-state index contributed by atoms with van der Waals surface area (Å²) >= 11 is 2.26. The molecule has 0 aromatic heterocycles. The predicted octanol–water partition coefficient (Wildman–Crippen LogP) is 1.33. The van der Waals surface area contributed by atoms with Crippen LogP contribution < -0.4 is 3.53 Å². The summed E-state index contributed by atoms with van der Waals surface area (Å²) in [5.74, 6) is 2.19. The van der Waals surface area contributed by atoms with Crippen LogP contribution in [0.15, 0.2) is 0 Å². The zero-order valence-electron chi connectivity index (χ0n) is 4.02. The molecule has 2 fully saturated rings. The first-order valence-electron chi connectivity index (χ1n) is 2.79. The lowest BCUT2D eigenvalue weighted by Gasteiger charge is -2.03. The summed E-state index contributed by atoms with van der Waals surface area (Å²) in [5, 5.41) is 0. The van der Waals surface area contributed by atoms with E-state index in [1.807, 2.05) is 0 Å². The summed E-state index contributed by atoms with van der Waals surface area (Å²) < 4.78 is 3.27. The van der Waals surface area contributed by atoms with Crippen LogP contribution in [-0.4, -0.2) is 6.04 Å². The zero-order chi connectivity index (χ0) is 4.85. The van der Waals surface area contributed by atoms with Gasteiger partial charge in [0.15, 0.2) is 0 Å². The van der Waals surface area contributed by atoms with Crippen molar-refractivity contribution in [2.24, 2.45) is 11.8 Å². The van der Waals surface area contributed by atoms with Crippen molar-refractivity contribution in [1.29, 1.82) is 0 Å². The lowest BCUT2D eigenvalue weighted by atomic mass is 10.0. The maximum absolute atomic E-state index is 3.27. The Labute approximate surface area is 57.4 Å². The van der Waals surface area contributed by atoms with Gasteiger partial charge in [-0.15, -0.1) is 0 Å². The van der Waals surface area contributed by atoms with Crippen LogP contribution in [0.1, 0.15) is 12.8 Å². The fraction of sp³-hybridized carbons (Fsp3) is 1.00. The lowest BCUT2D eigenvalue weighted by Crippen LogP contribution is -2.00. The second kappa shape index (κ2) is 1.35. The third-order valence-electron chi connectivity index (χ3n) is 2.29. The standard InChI is InChI=1S/C5H8IN/c6-7-5-3-1-2-4(3)5/h3-5,7H,1-2H2/t3-,4?,5?/m1/s1. The van der Waals surface area contributed by atoms with Crippen molar-refractivity contribution in [2.75, 3.05) is 0 Å². The molecule has 0 radical (unpaired) electrons. The van der Waals surface area contributed by atoms with Gasteiger partial charge in [0.05, 0.1) is 0 Å². The molecule has 0 saturated heterocycles. The van der Waals surface area contributed by atoms with E-state index >= 15 is 0 Å². The molecule has 2 unspecified atom stereocenters. The fourth-order valence-electron chi connectivity index (χ4n) is 1.52. The third-order valence-corrected chi connectivity index (χ3v) is 3.01. The maximum Gasteiger partial charge on any atom is 0.0226 e. The van der Waals surface area contributed by atoms with Gasteiger partial charge in [0, 0.05) is 28.9 Å². The van der Waals surface area contributed by atoms with Crippen LogP contribution in [0.2, 0.25) is 0 Å². The third kappa shape index (κ3) is 0.470. The lowest BCUT2D eigenvalue weighted by molar-refractivity contribution is 0.468. The monoisotopic (exact) mass is 209 g/mol. The molecule has 2 aliphatic carbocycles. The van der Waals surface area contributed by atoms with Crippen molar-refractivity contribution < 1.29 is 0 Å². The molecule has 7 heavy (non-hydrogen) atoms. The Morgan fingerprint density at radius 2 is 1.86 bits per heavy atom. The number of fused-ring (bicyclic) bond motifs is 1. The predicted molar refractivity (Wildman–Crippen MR) is 37.2 cm³/mol. The molecule has 2 saturated carbocycles. The number of hydrogen-bond donors (Lipinski definition) is 1. The van der Waals surface area contributed by atoms with E-state index in [4.69, 9.17) is 0 Å². The molecule has 0 heterocycles. The summed E-state index contributed by atoms with van der Waals surface area (Å²) in [4.78, 5) is 0. The molecule has 40 valence electrons. The Morgan fingerprint density at radius 1 is 1.29 bits per heavy atom. The Bertz CT molecular complexity index is 84.1. The molecule has 3 atom stereocenters. The molecule has 0 amide bonds. The first-order valence-corrected chi connectivity index (χ1v) is 3.87. The van der Waals surface area contributed by atoms with Gasteiger partial charge in [0.1, 0.15) is 0 Å². The van der Waals surface area contributed by atoms with Gasteiger partial charge in [0.2, 0.25) is 0 Å². The molecule has 0 bridgehead atoms. The molecule has 2 heteroatoms. The second-order valence-electron chi connectivity index (χ2n) is 2.54. The van der Waals surface area contributed by atoms with E-state index in [-0.39, 0.29) is 0 Å². The van der Waals surface area contributed by atoms with Crippen LogP contribution in [0, 0.1) is 11.8 Å².